The normalized spacial score (nSPS) is 10.3. The van der Waals surface area contributed by atoms with Crippen LogP contribution in [-0.4, -0.2) is 5.91 Å². The van der Waals surface area contributed by atoms with Crippen molar-refractivity contribution in [2.24, 2.45) is 0 Å². The number of amides is 1. The second-order valence-corrected chi connectivity index (χ2v) is 5.38. The summed E-state index contributed by atoms with van der Waals surface area (Å²) in [7, 11) is 0. The SMILES string of the molecule is Cc1cccc(NC(=O)CCCc2cccs2)c1. The number of nitrogens with one attached hydrogen (secondary N) is 1. The Kier molecular flexibility index (Phi) is 4.53. The first-order valence-electron chi connectivity index (χ1n) is 6.13. The van der Waals surface area contributed by atoms with Crippen molar-refractivity contribution in [3.05, 3.63) is 52.2 Å². The lowest BCUT2D eigenvalue weighted by Crippen LogP contribution is -2.11. The first-order valence-corrected chi connectivity index (χ1v) is 7.01. The van der Waals surface area contributed by atoms with E-state index in [9.17, 15) is 4.79 Å². The van der Waals surface area contributed by atoms with E-state index in [0.717, 1.165) is 24.1 Å². The molecule has 0 bridgehead atoms. The molecule has 1 N–H and O–H groups in total. The van der Waals surface area contributed by atoms with Crippen LogP contribution in [0.25, 0.3) is 0 Å². The molecule has 0 aliphatic heterocycles. The maximum Gasteiger partial charge on any atom is 0.224 e. The number of carbonyl (C=O) groups is 1. The van der Waals surface area contributed by atoms with E-state index in [2.05, 4.69) is 16.8 Å². The first-order chi connectivity index (χ1) is 8.74. The molecule has 0 unspecified atom stereocenters. The van der Waals surface area contributed by atoms with Crippen LogP contribution in [-0.2, 0) is 11.2 Å². The van der Waals surface area contributed by atoms with Gasteiger partial charge < -0.3 is 5.32 Å². The van der Waals surface area contributed by atoms with Gasteiger partial charge in [-0.25, -0.2) is 0 Å². The highest BCUT2D eigenvalue weighted by atomic mass is 32.1. The Morgan fingerprint density at radius 3 is 2.89 bits per heavy atom. The Hall–Kier alpha value is -1.61. The molecule has 0 radical (unpaired) electrons. The van der Waals surface area contributed by atoms with E-state index in [1.807, 2.05) is 37.3 Å². The Labute approximate surface area is 112 Å². The van der Waals surface area contributed by atoms with Crippen LogP contribution in [0.3, 0.4) is 0 Å². The van der Waals surface area contributed by atoms with Crippen LogP contribution in [0.1, 0.15) is 23.3 Å². The minimum absolute atomic E-state index is 0.0946. The smallest absolute Gasteiger partial charge is 0.224 e. The zero-order valence-electron chi connectivity index (χ0n) is 10.5. The standard InChI is InChI=1S/C15H17NOS/c1-12-5-2-6-13(11-12)16-15(17)9-3-7-14-8-4-10-18-14/h2,4-6,8,10-11H,3,7,9H2,1H3,(H,16,17). The highest BCUT2D eigenvalue weighted by molar-refractivity contribution is 7.09. The van der Waals surface area contributed by atoms with Gasteiger partial charge in [-0.3, -0.25) is 4.79 Å². The lowest BCUT2D eigenvalue weighted by atomic mass is 10.2. The van der Waals surface area contributed by atoms with Crippen molar-refractivity contribution < 1.29 is 4.79 Å². The quantitative estimate of drug-likeness (QED) is 0.863. The summed E-state index contributed by atoms with van der Waals surface area (Å²) in [5.41, 5.74) is 2.04. The van der Waals surface area contributed by atoms with Crippen LogP contribution in [0.5, 0.6) is 0 Å². The molecule has 0 aliphatic rings. The minimum atomic E-state index is 0.0946. The molecule has 0 saturated carbocycles. The number of aryl methyl sites for hydroxylation is 2. The van der Waals surface area contributed by atoms with Crippen LogP contribution in [0, 0.1) is 6.92 Å². The molecular formula is C15H17NOS. The molecule has 2 nitrogen and oxygen atoms in total. The zero-order valence-corrected chi connectivity index (χ0v) is 11.3. The summed E-state index contributed by atoms with van der Waals surface area (Å²) in [6.07, 6.45) is 2.46. The van der Waals surface area contributed by atoms with Crippen molar-refractivity contribution in [2.45, 2.75) is 26.2 Å². The molecule has 2 rings (SSSR count). The number of anilines is 1. The van der Waals surface area contributed by atoms with Crippen LogP contribution in [0.2, 0.25) is 0 Å². The molecule has 0 spiro atoms. The third-order valence-electron chi connectivity index (χ3n) is 2.71. The van der Waals surface area contributed by atoms with E-state index in [1.54, 1.807) is 11.3 Å². The minimum Gasteiger partial charge on any atom is -0.326 e. The lowest BCUT2D eigenvalue weighted by molar-refractivity contribution is -0.116. The van der Waals surface area contributed by atoms with Crippen molar-refractivity contribution in [3.8, 4) is 0 Å². The summed E-state index contributed by atoms with van der Waals surface area (Å²) in [5.74, 6) is 0.0946. The Bertz CT molecular complexity index is 505. The van der Waals surface area contributed by atoms with Gasteiger partial charge in [0.2, 0.25) is 5.91 Å². The summed E-state index contributed by atoms with van der Waals surface area (Å²) in [6, 6.07) is 12.0. The molecule has 1 aromatic heterocycles. The van der Waals surface area contributed by atoms with Crippen molar-refractivity contribution in [3.63, 3.8) is 0 Å². The fraction of sp³-hybridized carbons (Fsp3) is 0.267. The third-order valence-corrected chi connectivity index (χ3v) is 3.65. The number of rotatable bonds is 5. The molecular weight excluding hydrogens is 242 g/mol. The van der Waals surface area contributed by atoms with Gasteiger partial charge in [0.1, 0.15) is 0 Å². The van der Waals surface area contributed by atoms with E-state index < -0.39 is 0 Å². The van der Waals surface area contributed by atoms with Gasteiger partial charge in [-0.1, -0.05) is 18.2 Å². The fourth-order valence-corrected chi connectivity index (χ4v) is 2.58. The molecule has 2 aromatic rings. The summed E-state index contributed by atoms with van der Waals surface area (Å²) in [5, 5.41) is 5.00. The number of benzene rings is 1. The van der Waals surface area contributed by atoms with Gasteiger partial charge in [0.15, 0.2) is 0 Å². The average Bonchev–Trinajstić information content (AvgIpc) is 2.82. The number of thiophene rings is 1. The summed E-state index contributed by atoms with van der Waals surface area (Å²) >= 11 is 1.75. The zero-order chi connectivity index (χ0) is 12.8. The van der Waals surface area contributed by atoms with E-state index in [1.165, 1.54) is 4.88 Å². The van der Waals surface area contributed by atoms with E-state index in [4.69, 9.17) is 0 Å². The van der Waals surface area contributed by atoms with Crippen molar-refractivity contribution in [1.29, 1.82) is 0 Å². The molecule has 3 heteroatoms. The Morgan fingerprint density at radius 1 is 1.28 bits per heavy atom. The van der Waals surface area contributed by atoms with Crippen molar-refractivity contribution in [1.82, 2.24) is 0 Å². The highest BCUT2D eigenvalue weighted by Crippen LogP contribution is 2.13. The maximum atomic E-state index is 11.7. The molecule has 0 aliphatic carbocycles. The maximum absolute atomic E-state index is 11.7. The van der Waals surface area contributed by atoms with Gasteiger partial charge in [0.25, 0.3) is 0 Å². The lowest BCUT2D eigenvalue weighted by Gasteiger charge is -2.05. The number of hydrogen-bond donors (Lipinski definition) is 1. The van der Waals surface area contributed by atoms with Crippen LogP contribution in [0.4, 0.5) is 5.69 Å². The van der Waals surface area contributed by atoms with E-state index >= 15 is 0 Å². The van der Waals surface area contributed by atoms with E-state index in [-0.39, 0.29) is 5.91 Å². The molecule has 1 amide bonds. The summed E-state index contributed by atoms with van der Waals surface area (Å²) in [6.45, 7) is 2.02. The van der Waals surface area contributed by atoms with Crippen molar-refractivity contribution in [2.75, 3.05) is 5.32 Å². The largest absolute Gasteiger partial charge is 0.326 e. The van der Waals surface area contributed by atoms with Gasteiger partial charge in [-0.2, -0.15) is 0 Å². The number of hydrogen-bond acceptors (Lipinski definition) is 2. The third kappa shape index (κ3) is 4.00. The molecule has 0 atom stereocenters. The van der Waals surface area contributed by atoms with Crippen LogP contribution < -0.4 is 5.32 Å². The monoisotopic (exact) mass is 259 g/mol. The molecule has 1 heterocycles. The number of carbonyl (C=O) groups excluding carboxylic acids is 1. The van der Waals surface area contributed by atoms with Crippen molar-refractivity contribution >= 4 is 22.9 Å². The van der Waals surface area contributed by atoms with Crippen LogP contribution >= 0.6 is 11.3 Å². The summed E-state index contributed by atoms with van der Waals surface area (Å²) in [4.78, 5) is 13.1. The van der Waals surface area contributed by atoms with E-state index in [0.29, 0.717) is 6.42 Å². The highest BCUT2D eigenvalue weighted by Gasteiger charge is 2.03. The molecule has 0 saturated heterocycles. The Balaban J connectivity index is 1.75. The summed E-state index contributed by atoms with van der Waals surface area (Å²) < 4.78 is 0. The fourth-order valence-electron chi connectivity index (χ4n) is 1.82. The second-order valence-electron chi connectivity index (χ2n) is 4.35. The van der Waals surface area contributed by atoms with Gasteiger partial charge in [0.05, 0.1) is 0 Å². The van der Waals surface area contributed by atoms with Gasteiger partial charge >= 0.3 is 0 Å². The topological polar surface area (TPSA) is 29.1 Å². The second kappa shape index (κ2) is 6.36. The van der Waals surface area contributed by atoms with Gasteiger partial charge in [0, 0.05) is 17.0 Å². The molecule has 18 heavy (non-hydrogen) atoms. The van der Waals surface area contributed by atoms with Gasteiger partial charge in [-0.05, 0) is 48.9 Å². The Morgan fingerprint density at radius 2 is 2.17 bits per heavy atom. The predicted molar refractivity (Wildman–Crippen MR) is 77.1 cm³/mol. The first kappa shape index (κ1) is 12.8. The van der Waals surface area contributed by atoms with Gasteiger partial charge in [-0.15, -0.1) is 11.3 Å². The molecule has 1 aromatic carbocycles. The van der Waals surface area contributed by atoms with Crippen LogP contribution in [0.15, 0.2) is 41.8 Å². The molecule has 0 fully saturated rings. The average molecular weight is 259 g/mol. The molecule has 94 valence electrons. The predicted octanol–water partition coefficient (Wildman–Crippen LogP) is 4.02.